The molecule has 80 valence electrons. The Morgan fingerprint density at radius 3 is 2.57 bits per heavy atom. The first-order valence-corrected chi connectivity index (χ1v) is 5.03. The van der Waals surface area contributed by atoms with Crippen molar-refractivity contribution in [2.75, 3.05) is 0 Å². The predicted molar refractivity (Wildman–Crippen MR) is 59.0 cm³/mol. The summed E-state index contributed by atoms with van der Waals surface area (Å²) in [5.74, 6) is -0.253. The van der Waals surface area contributed by atoms with Crippen molar-refractivity contribution in [3.8, 4) is 0 Å². The predicted octanol–water partition coefficient (Wildman–Crippen LogP) is 3.24. The van der Waals surface area contributed by atoms with Gasteiger partial charge in [-0.3, -0.25) is 0 Å². The quantitative estimate of drug-likeness (QED) is 0.383. The van der Waals surface area contributed by atoms with Crippen LogP contribution in [-0.2, 0) is 9.53 Å². The zero-order valence-corrected chi connectivity index (χ0v) is 9.54. The summed E-state index contributed by atoms with van der Waals surface area (Å²) >= 11 is 0. The average Bonchev–Trinajstić information content (AvgIpc) is 2.03. The summed E-state index contributed by atoms with van der Waals surface area (Å²) in [6, 6.07) is 0. The lowest BCUT2D eigenvalue weighted by molar-refractivity contribution is -0.142. The maximum absolute atomic E-state index is 11.0. The van der Waals surface area contributed by atoms with Crippen LogP contribution in [0.4, 0.5) is 0 Å². The third-order valence-corrected chi connectivity index (χ3v) is 1.75. The van der Waals surface area contributed by atoms with Crippen molar-refractivity contribution >= 4 is 5.97 Å². The second-order valence-corrected chi connectivity index (χ2v) is 3.61. The Morgan fingerprint density at radius 2 is 2.07 bits per heavy atom. The molecule has 0 heterocycles. The molecule has 0 N–H and O–H groups in total. The van der Waals surface area contributed by atoms with E-state index in [9.17, 15) is 4.79 Å². The average molecular weight is 196 g/mol. The molecular formula is C12H20O2. The smallest absolute Gasteiger partial charge is 0.330 e. The molecule has 0 aliphatic carbocycles. The highest BCUT2D eigenvalue weighted by Gasteiger charge is 2.04. The lowest BCUT2D eigenvalue weighted by Gasteiger charge is -2.10. The molecule has 1 atom stereocenters. The van der Waals surface area contributed by atoms with Crippen molar-refractivity contribution in [2.24, 2.45) is 0 Å². The Kier molecular flexibility index (Phi) is 6.81. The van der Waals surface area contributed by atoms with E-state index in [1.165, 1.54) is 11.6 Å². The van der Waals surface area contributed by atoms with Gasteiger partial charge in [0.15, 0.2) is 0 Å². The van der Waals surface area contributed by atoms with E-state index in [4.69, 9.17) is 4.74 Å². The van der Waals surface area contributed by atoms with Crippen LogP contribution >= 0.6 is 0 Å². The molecule has 1 unspecified atom stereocenters. The van der Waals surface area contributed by atoms with Gasteiger partial charge in [0.25, 0.3) is 0 Å². The van der Waals surface area contributed by atoms with E-state index in [0.717, 1.165) is 12.8 Å². The molecule has 0 radical (unpaired) electrons. The van der Waals surface area contributed by atoms with Crippen molar-refractivity contribution < 1.29 is 9.53 Å². The minimum Gasteiger partial charge on any atom is -0.460 e. The summed E-state index contributed by atoms with van der Waals surface area (Å²) in [6.45, 7) is 7.85. The molecule has 2 heteroatoms. The van der Waals surface area contributed by atoms with Crippen molar-refractivity contribution in [3.63, 3.8) is 0 Å². The van der Waals surface area contributed by atoms with E-state index in [1.807, 2.05) is 6.92 Å². The lowest BCUT2D eigenvalue weighted by Crippen LogP contribution is -2.12. The van der Waals surface area contributed by atoms with Crippen LogP contribution < -0.4 is 0 Å². The van der Waals surface area contributed by atoms with Crippen LogP contribution in [0.5, 0.6) is 0 Å². The minimum atomic E-state index is -0.253. The van der Waals surface area contributed by atoms with Crippen LogP contribution in [-0.4, -0.2) is 12.1 Å². The minimum absolute atomic E-state index is 0.00528. The first kappa shape index (κ1) is 12.9. The number of hydrogen-bond acceptors (Lipinski definition) is 2. The first-order valence-electron chi connectivity index (χ1n) is 5.03. The van der Waals surface area contributed by atoms with Crippen molar-refractivity contribution in [1.82, 2.24) is 0 Å². The third-order valence-electron chi connectivity index (χ3n) is 1.75. The van der Waals surface area contributed by atoms with Gasteiger partial charge in [0.05, 0.1) is 6.10 Å². The van der Waals surface area contributed by atoms with Crippen LogP contribution in [0.3, 0.4) is 0 Å². The number of hydrogen-bond donors (Lipinski definition) is 0. The summed E-state index contributed by atoms with van der Waals surface area (Å²) < 4.78 is 5.12. The fraction of sp³-hybridized carbons (Fsp3) is 0.583. The zero-order valence-electron chi connectivity index (χ0n) is 9.54. The highest BCUT2D eigenvalue weighted by atomic mass is 16.5. The van der Waals surface area contributed by atoms with Gasteiger partial charge in [-0.05, 0) is 40.5 Å². The Bertz CT molecular complexity index is 222. The van der Waals surface area contributed by atoms with E-state index in [1.54, 1.807) is 13.0 Å². The Balaban J connectivity index is 3.70. The molecule has 0 aromatic rings. The van der Waals surface area contributed by atoms with Crippen LogP contribution in [0.1, 0.15) is 40.5 Å². The molecular weight excluding hydrogens is 176 g/mol. The normalized spacial score (nSPS) is 12.6. The van der Waals surface area contributed by atoms with Gasteiger partial charge >= 0.3 is 5.97 Å². The van der Waals surface area contributed by atoms with Gasteiger partial charge in [-0.15, -0.1) is 0 Å². The molecule has 0 aromatic carbocycles. The van der Waals surface area contributed by atoms with E-state index in [2.05, 4.69) is 19.9 Å². The lowest BCUT2D eigenvalue weighted by atomic mass is 10.2. The van der Waals surface area contributed by atoms with Gasteiger partial charge < -0.3 is 4.74 Å². The molecule has 2 nitrogen and oxygen atoms in total. The number of allylic oxidation sites excluding steroid dienone is 3. The summed E-state index contributed by atoms with van der Waals surface area (Å²) in [5, 5.41) is 0. The summed E-state index contributed by atoms with van der Waals surface area (Å²) in [6.07, 6.45) is 7.12. The molecule has 0 aromatic heterocycles. The van der Waals surface area contributed by atoms with Crippen LogP contribution in [0.25, 0.3) is 0 Å². The summed E-state index contributed by atoms with van der Waals surface area (Å²) in [4.78, 5) is 11.0. The van der Waals surface area contributed by atoms with Gasteiger partial charge in [-0.25, -0.2) is 4.79 Å². The first-order chi connectivity index (χ1) is 6.56. The van der Waals surface area contributed by atoms with Crippen molar-refractivity contribution in [3.05, 3.63) is 23.8 Å². The van der Waals surface area contributed by atoms with Crippen LogP contribution in [0.15, 0.2) is 23.8 Å². The maximum Gasteiger partial charge on any atom is 0.330 e. The van der Waals surface area contributed by atoms with Gasteiger partial charge in [0.2, 0.25) is 0 Å². The fourth-order valence-corrected chi connectivity index (χ4v) is 1.04. The molecule has 0 bridgehead atoms. The van der Waals surface area contributed by atoms with E-state index < -0.39 is 0 Å². The summed E-state index contributed by atoms with van der Waals surface area (Å²) in [5.41, 5.74) is 1.30. The Hall–Kier alpha value is -1.05. The van der Waals surface area contributed by atoms with E-state index in [-0.39, 0.29) is 12.1 Å². The monoisotopic (exact) mass is 196 g/mol. The fourth-order valence-electron chi connectivity index (χ4n) is 1.04. The standard InChI is InChI=1S/C12H20O2/c1-5-7-12(13)14-11(4)9-6-8-10(2)3/h5,7-8,11H,6,9H2,1-4H3/b7-5+. The highest BCUT2D eigenvalue weighted by Crippen LogP contribution is 2.05. The number of rotatable bonds is 5. The van der Waals surface area contributed by atoms with Crippen molar-refractivity contribution in [2.45, 2.75) is 46.6 Å². The molecule has 0 aliphatic rings. The number of ether oxygens (including phenoxy) is 1. The van der Waals surface area contributed by atoms with E-state index in [0.29, 0.717) is 0 Å². The van der Waals surface area contributed by atoms with Gasteiger partial charge in [0, 0.05) is 6.08 Å². The third kappa shape index (κ3) is 7.59. The number of esters is 1. The Morgan fingerprint density at radius 1 is 1.43 bits per heavy atom. The second kappa shape index (κ2) is 7.36. The molecule has 0 amide bonds. The van der Waals surface area contributed by atoms with Crippen molar-refractivity contribution in [1.29, 1.82) is 0 Å². The maximum atomic E-state index is 11.0. The van der Waals surface area contributed by atoms with Crippen LogP contribution in [0.2, 0.25) is 0 Å². The van der Waals surface area contributed by atoms with Crippen LogP contribution in [0, 0.1) is 0 Å². The molecule has 0 rings (SSSR count). The SMILES string of the molecule is C/C=C/C(=O)OC(C)CCC=C(C)C. The molecule has 0 aliphatic heterocycles. The van der Waals surface area contributed by atoms with Gasteiger partial charge in [0.1, 0.15) is 0 Å². The van der Waals surface area contributed by atoms with Gasteiger partial charge in [-0.1, -0.05) is 17.7 Å². The number of carbonyl (C=O) groups is 1. The molecule has 14 heavy (non-hydrogen) atoms. The summed E-state index contributed by atoms with van der Waals surface area (Å²) in [7, 11) is 0. The number of carbonyl (C=O) groups excluding carboxylic acids is 1. The Labute approximate surface area is 86.6 Å². The zero-order chi connectivity index (χ0) is 11.0. The molecule has 0 saturated heterocycles. The molecule has 0 spiro atoms. The highest BCUT2D eigenvalue weighted by molar-refractivity contribution is 5.81. The van der Waals surface area contributed by atoms with E-state index >= 15 is 0 Å². The largest absolute Gasteiger partial charge is 0.460 e. The molecule has 0 saturated carbocycles. The molecule has 0 fully saturated rings. The topological polar surface area (TPSA) is 26.3 Å². The second-order valence-electron chi connectivity index (χ2n) is 3.61. The van der Waals surface area contributed by atoms with Gasteiger partial charge in [-0.2, -0.15) is 0 Å².